The number of ether oxygens (including phenoxy) is 1. The van der Waals surface area contributed by atoms with E-state index in [0.717, 1.165) is 17.1 Å². The SMILES string of the molecule is CC1(C)C[C@](C)(c2ccc(S)cc2)c2ccccc2O1. The van der Waals surface area contributed by atoms with E-state index < -0.39 is 0 Å². The minimum absolute atomic E-state index is 0.0280. The second-order valence-electron chi connectivity index (χ2n) is 6.41. The average molecular weight is 284 g/mol. The van der Waals surface area contributed by atoms with E-state index in [1.807, 2.05) is 6.07 Å². The van der Waals surface area contributed by atoms with Crippen molar-refractivity contribution in [2.24, 2.45) is 0 Å². The van der Waals surface area contributed by atoms with E-state index in [0.29, 0.717) is 0 Å². The number of thiol groups is 1. The second kappa shape index (κ2) is 4.56. The lowest BCUT2D eigenvalue weighted by Gasteiger charge is -2.44. The molecule has 0 fully saturated rings. The molecule has 0 spiro atoms. The Morgan fingerprint density at radius 3 is 2.30 bits per heavy atom. The molecule has 0 saturated heterocycles. The largest absolute Gasteiger partial charge is 0.488 e. The number of fused-ring (bicyclic) bond motifs is 1. The Bertz CT molecular complexity index is 630. The zero-order valence-electron chi connectivity index (χ0n) is 12.2. The Morgan fingerprint density at radius 1 is 0.950 bits per heavy atom. The summed E-state index contributed by atoms with van der Waals surface area (Å²) in [5.74, 6) is 1.00. The molecule has 1 aliphatic heterocycles. The standard InChI is InChI=1S/C18H20OS/c1-17(2)12-18(3,13-8-10-14(20)11-9-13)15-6-4-5-7-16(15)19-17/h4-11,20H,12H2,1-3H3/t18-/m1/s1. The quantitative estimate of drug-likeness (QED) is 0.737. The minimum Gasteiger partial charge on any atom is -0.488 e. The monoisotopic (exact) mass is 284 g/mol. The molecule has 20 heavy (non-hydrogen) atoms. The Kier molecular flexibility index (Phi) is 3.09. The molecule has 1 heterocycles. The van der Waals surface area contributed by atoms with E-state index >= 15 is 0 Å². The van der Waals surface area contributed by atoms with Gasteiger partial charge in [0.25, 0.3) is 0 Å². The third kappa shape index (κ3) is 2.22. The van der Waals surface area contributed by atoms with E-state index in [-0.39, 0.29) is 11.0 Å². The van der Waals surface area contributed by atoms with Crippen molar-refractivity contribution in [3.63, 3.8) is 0 Å². The molecule has 2 aromatic carbocycles. The Hall–Kier alpha value is -1.41. The van der Waals surface area contributed by atoms with Crippen LogP contribution in [0.1, 0.15) is 38.3 Å². The smallest absolute Gasteiger partial charge is 0.124 e. The summed E-state index contributed by atoms with van der Waals surface area (Å²) < 4.78 is 6.14. The van der Waals surface area contributed by atoms with Gasteiger partial charge in [-0.1, -0.05) is 37.3 Å². The fourth-order valence-electron chi connectivity index (χ4n) is 3.38. The molecule has 0 saturated carbocycles. The van der Waals surface area contributed by atoms with Gasteiger partial charge in [-0.05, 0) is 37.6 Å². The maximum Gasteiger partial charge on any atom is 0.124 e. The first kappa shape index (κ1) is 13.6. The lowest BCUT2D eigenvalue weighted by Crippen LogP contribution is -2.43. The zero-order chi connectivity index (χ0) is 14.4. The summed E-state index contributed by atoms with van der Waals surface area (Å²) in [5, 5.41) is 0. The van der Waals surface area contributed by atoms with Gasteiger partial charge in [-0.2, -0.15) is 0 Å². The van der Waals surface area contributed by atoms with Crippen LogP contribution in [0.15, 0.2) is 53.4 Å². The normalized spacial score (nSPS) is 23.8. The summed E-state index contributed by atoms with van der Waals surface area (Å²) in [6.07, 6.45) is 0.961. The van der Waals surface area contributed by atoms with Gasteiger partial charge in [-0.3, -0.25) is 0 Å². The predicted octanol–water partition coefficient (Wildman–Crippen LogP) is 4.84. The highest BCUT2D eigenvalue weighted by atomic mass is 32.1. The molecule has 0 unspecified atom stereocenters. The van der Waals surface area contributed by atoms with Gasteiger partial charge in [0.2, 0.25) is 0 Å². The van der Waals surface area contributed by atoms with Gasteiger partial charge in [0, 0.05) is 22.3 Å². The first-order valence-electron chi connectivity index (χ1n) is 6.99. The van der Waals surface area contributed by atoms with Crippen LogP contribution < -0.4 is 4.74 Å². The van der Waals surface area contributed by atoms with Crippen molar-refractivity contribution in [1.82, 2.24) is 0 Å². The van der Waals surface area contributed by atoms with Crippen molar-refractivity contribution < 1.29 is 4.74 Å². The van der Waals surface area contributed by atoms with Crippen molar-refractivity contribution >= 4 is 12.6 Å². The summed E-state index contributed by atoms with van der Waals surface area (Å²) >= 11 is 4.39. The van der Waals surface area contributed by atoms with Gasteiger partial charge >= 0.3 is 0 Å². The second-order valence-corrected chi connectivity index (χ2v) is 6.93. The maximum atomic E-state index is 6.14. The molecule has 0 amide bonds. The van der Waals surface area contributed by atoms with Crippen LogP contribution in [-0.2, 0) is 5.41 Å². The molecular formula is C18H20OS. The van der Waals surface area contributed by atoms with Crippen LogP contribution in [-0.4, -0.2) is 5.60 Å². The molecule has 0 bridgehead atoms. The third-order valence-electron chi connectivity index (χ3n) is 4.15. The van der Waals surface area contributed by atoms with Gasteiger partial charge in [-0.25, -0.2) is 0 Å². The third-order valence-corrected chi connectivity index (χ3v) is 4.45. The molecule has 0 radical (unpaired) electrons. The Balaban J connectivity index is 2.18. The lowest BCUT2D eigenvalue weighted by atomic mass is 9.68. The number of rotatable bonds is 1. The van der Waals surface area contributed by atoms with Gasteiger partial charge in [0.05, 0.1) is 0 Å². The number of hydrogen-bond donors (Lipinski definition) is 1. The maximum absolute atomic E-state index is 6.14. The van der Waals surface area contributed by atoms with E-state index in [4.69, 9.17) is 4.74 Å². The summed E-state index contributed by atoms with van der Waals surface area (Å²) in [7, 11) is 0. The molecule has 0 N–H and O–H groups in total. The van der Waals surface area contributed by atoms with Crippen LogP contribution in [0, 0.1) is 0 Å². The highest BCUT2D eigenvalue weighted by molar-refractivity contribution is 7.80. The van der Waals surface area contributed by atoms with Crippen LogP contribution in [0.5, 0.6) is 5.75 Å². The van der Waals surface area contributed by atoms with E-state index in [2.05, 4.69) is 75.9 Å². The molecule has 1 aliphatic rings. The molecule has 3 rings (SSSR count). The van der Waals surface area contributed by atoms with Crippen molar-refractivity contribution in [2.75, 3.05) is 0 Å². The van der Waals surface area contributed by atoms with Gasteiger partial charge in [0.1, 0.15) is 11.4 Å². The molecule has 0 aliphatic carbocycles. The van der Waals surface area contributed by atoms with Crippen LogP contribution >= 0.6 is 12.6 Å². The fraction of sp³-hybridized carbons (Fsp3) is 0.333. The van der Waals surface area contributed by atoms with Crippen LogP contribution in [0.4, 0.5) is 0 Å². The molecule has 0 aromatic heterocycles. The molecule has 104 valence electrons. The van der Waals surface area contributed by atoms with Gasteiger partial charge in [0.15, 0.2) is 0 Å². The number of benzene rings is 2. The lowest BCUT2D eigenvalue weighted by molar-refractivity contribution is 0.0583. The topological polar surface area (TPSA) is 9.23 Å². The molecule has 2 aromatic rings. The van der Waals surface area contributed by atoms with Crippen molar-refractivity contribution in [2.45, 2.75) is 43.1 Å². The van der Waals surface area contributed by atoms with E-state index in [1.165, 1.54) is 11.1 Å². The van der Waals surface area contributed by atoms with Crippen molar-refractivity contribution in [3.05, 3.63) is 59.7 Å². The molecule has 1 atom stereocenters. The van der Waals surface area contributed by atoms with Crippen molar-refractivity contribution in [1.29, 1.82) is 0 Å². The first-order chi connectivity index (χ1) is 9.41. The van der Waals surface area contributed by atoms with E-state index in [9.17, 15) is 0 Å². The van der Waals surface area contributed by atoms with Crippen LogP contribution in [0.3, 0.4) is 0 Å². The van der Waals surface area contributed by atoms with E-state index in [1.54, 1.807) is 0 Å². The van der Waals surface area contributed by atoms with Crippen LogP contribution in [0.2, 0.25) is 0 Å². The molecule has 1 nitrogen and oxygen atoms in total. The summed E-state index contributed by atoms with van der Waals surface area (Å²) in [5.41, 5.74) is 2.40. The van der Waals surface area contributed by atoms with Crippen molar-refractivity contribution in [3.8, 4) is 5.75 Å². The number of para-hydroxylation sites is 1. The summed E-state index contributed by atoms with van der Waals surface area (Å²) in [6.45, 7) is 6.63. The average Bonchev–Trinajstić information content (AvgIpc) is 2.38. The van der Waals surface area contributed by atoms with Gasteiger partial charge in [-0.15, -0.1) is 12.6 Å². The van der Waals surface area contributed by atoms with Crippen LogP contribution in [0.25, 0.3) is 0 Å². The fourth-order valence-corrected chi connectivity index (χ4v) is 3.53. The molecular weight excluding hydrogens is 264 g/mol. The minimum atomic E-state index is -0.164. The summed E-state index contributed by atoms with van der Waals surface area (Å²) in [6, 6.07) is 16.9. The zero-order valence-corrected chi connectivity index (χ0v) is 13.1. The number of hydrogen-bond acceptors (Lipinski definition) is 2. The predicted molar refractivity (Wildman–Crippen MR) is 85.9 cm³/mol. The Labute approximate surface area is 126 Å². The molecule has 2 heteroatoms. The first-order valence-corrected chi connectivity index (χ1v) is 7.43. The summed E-state index contributed by atoms with van der Waals surface area (Å²) in [4.78, 5) is 0.997. The highest BCUT2D eigenvalue weighted by Crippen LogP contribution is 2.48. The highest BCUT2D eigenvalue weighted by Gasteiger charge is 2.42. The van der Waals surface area contributed by atoms with Gasteiger partial charge < -0.3 is 4.74 Å². The Morgan fingerprint density at radius 2 is 1.60 bits per heavy atom.